The highest BCUT2D eigenvalue weighted by Crippen LogP contribution is 2.33. The van der Waals surface area contributed by atoms with Crippen LogP contribution in [0.5, 0.6) is 0 Å². The molecular weight excluding hydrogens is 220 g/mol. The Labute approximate surface area is 114 Å². The van der Waals surface area contributed by atoms with Crippen LogP contribution >= 0.6 is 0 Å². The van der Waals surface area contributed by atoms with E-state index in [0.717, 1.165) is 11.8 Å². The molecular formula is C16H32N2. The summed E-state index contributed by atoms with van der Waals surface area (Å²) in [7, 11) is 0. The summed E-state index contributed by atoms with van der Waals surface area (Å²) >= 11 is 0. The van der Waals surface area contributed by atoms with Gasteiger partial charge in [0.15, 0.2) is 0 Å². The van der Waals surface area contributed by atoms with Gasteiger partial charge in [-0.15, -0.1) is 0 Å². The van der Waals surface area contributed by atoms with E-state index in [-0.39, 0.29) is 0 Å². The predicted molar refractivity (Wildman–Crippen MR) is 78.9 cm³/mol. The Hall–Kier alpha value is -0.0800. The van der Waals surface area contributed by atoms with Gasteiger partial charge in [0.2, 0.25) is 0 Å². The van der Waals surface area contributed by atoms with Crippen LogP contribution in [-0.4, -0.2) is 37.6 Å². The Morgan fingerprint density at radius 2 is 1.56 bits per heavy atom. The van der Waals surface area contributed by atoms with Crippen LogP contribution < -0.4 is 5.32 Å². The van der Waals surface area contributed by atoms with Crippen molar-refractivity contribution in [3.63, 3.8) is 0 Å². The highest BCUT2D eigenvalue weighted by atomic mass is 15.1. The number of nitrogens with zero attached hydrogens (tertiary/aromatic N) is 1. The minimum Gasteiger partial charge on any atom is -0.315 e. The monoisotopic (exact) mass is 252 g/mol. The summed E-state index contributed by atoms with van der Waals surface area (Å²) in [5.74, 6) is 2.10. The first-order valence-corrected chi connectivity index (χ1v) is 8.31. The first-order chi connectivity index (χ1) is 8.88. The van der Waals surface area contributed by atoms with Gasteiger partial charge in [0.1, 0.15) is 0 Å². The van der Waals surface area contributed by atoms with E-state index in [1.165, 1.54) is 84.1 Å². The fourth-order valence-electron chi connectivity index (χ4n) is 2.63. The topological polar surface area (TPSA) is 15.3 Å². The third-order valence-corrected chi connectivity index (χ3v) is 4.24. The molecule has 0 bridgehead atoms. The van der Waals surface area contributed by atoms with Crippen LogP contribution in [0.2, 0.25) is 0 Å². The Morgan fingerprint density at radius 3 is 2.11 bits per heavy atom. The molecule has 106 valence electrons. The molecule has 1 N–H and O–H groups in total. The van der Waals surface area contributed by atoms with E-state index in [1.54, 1.807) is 0 Å². The molecule has 0 aliphatic heterocycles. The summed E-state index contributed by atoms with van der Waals surface area (Å²) in [6.07, 6.45) is 11.5. The first kappa shape index (κ1) is 14.3. The molecule has 18 heavy (non-hydrogen) atoms. The van der Waals surface area contributed by atoms with Crippen molar-refractivity contribution in [3.8, 4) is 0 Å². The van der Waals surface area contributed by atoms with Gasteiger partial charge in [-0.05, 0) is 50.5 Å². The van der Waals surface area contributed by atoms with Crippen molar-refractivity contribution in [1.29, 1.82) is 0 Å². The zero-order chi connectivity index (χ0) is 12.6. The second-order valence-electron chi connectivity index (χ2n) is 6.46. The molecule has 2 aliphatic rings. The molecule has 0 aromatic heterocycles. The summed E-state index contributed by atoms with van der Waals surface area (Å²) in [6, 6.07) is 0. The van der Waals surface area contributed by atoms with Gasteiger partial charge < -0.3 is 10.2 Å². The van der Waals surface area contributed by atoms with Gasteiger partial charge in [0.25, 0.3) is 0 Å². The molecule has 2 nitrogen and oxygen atoms in total. The standard InChI is InChI=1S/C16H32N2/c1-2-3-4-5-10-17-11-12-18(13-15-6-7-15)14-16-8-9-16/h15-17H,2-14H2,1H3. The summed E-state index contributed by atoms with van der Waals surface area (Å²) in [4.78, 5) is 2.73. The third kappa shape index (κ3) is 6.75. The fourth-order valence-corrected chi connectivity index (χ4v) is 2.63. The molecule has 2 rings (SSSR count). The fraction of sp³-hybridized carbons (Fsp3) is 1.00. The van der Waals surface area contributed by atoms with Gasteiger partial charge in [-0.3, -0.25) is 0 Å². The molecule has 2 heteroatoms. The summed E-state index contributed by atoms with van der Waals surface area (Å²) in [6.45, 7) is 8.75. The highest BCUT2D eigenvalue weighted by molar-refractivity contribution is 4.82. The largest absolute Gasteiger partial charge is 0.315 e. The Bertz CT molecular complexity index is 195. The zero-order valence-electron chi connectivity index (χ0n) is 12.3. The second-order valence-corrected chi connectivity index (χ2v) is 6.46. The first-order valence-electron chi connectivity index (χ1n) is 8.31. The second kappa shape index (κ2) is 8.16. The number of hydrogen-bond acceptors (Lipinski definition) is 2. The van der Waals surface area contributed by atoms with Crippen LogP contribution in [0, 0.1) is 11.8 Å². The highest BCUT2D eigenvalue weighted by Gasteiger charge is 2.28. The maximum Gasteiger partial charge on any atom is 0.0107 e. The molecule has 0 amide bonds. The van der Waals surface area contributed by atoms with E-state index >= 15 is 0 Å². The Morgan fingerprint density at radius 1 is 0.889 bits per heavy atom. The van der Waals surface area contributed by atoms with E-state index in [0.29, 0.717) is 0 Å². The van der Waals surface area contributed by atoms with Gasteiger partial charge in [0.05, 0.1) is 0 Å². The van der Waals surface area contributed by atoms with Crippen LogP contribution in [0.4, 0.5) is 0 Å². The van der Waals surface area contributed by atoms with Gasteiger partial charge >= 0.3 is 0 Å². The average molecular weight is 252 g/mol. The van der Waals surface area contributed by atoms with Crippen molar-refractivity contribution in [1.82, 2.24) is 10.2 Å². The van der Waals surface area contributed by atoms with Crippen LogP contribution in [0.15, 0.2) is 0 Å². The van der Waals surface area contributed by atoms with E-state index < -0.39 is 0 Å². The smallest absolute Gasteiger partial charge is 0.0107 e. The van der Waals surface area contributed by atoms with Crippen molar-refractivity contribution in [3.05, 3.63) is 0 Å². The van der Waals surface area contributed by atoms with Crippen molar-refractivity contribution < 1.29 is 0 Å². The number of hydrogen-bond donors (Lipinski definition) is 1. The zero-order valence-corrected chi connectivity index (χ0v) is 12.3. The predicted octanol–water partition coefficient (Wildman–Crippen LogP) is 3.28. The van der Waals surface area contributed by atoms with Crippen molar-refractivity contribution in [2.24, 2.45) is 11.8 Å². The molecule has 0 aromatic rings. The van der Waals surface area contributed by atoms with Crippen LogP contribution in [-0.2, 0) is 0 Å². The SMILES string of the molecule is CCCCCCNCCN(CC1CC1)CC1CC1. The molecule has 0 unspecified atom stereocenters. The van der Waals surface area contributed by atoms with Crippen LogP contribution in [0.3, 0.4) is 0 Å². The molecule has 2 saturated carbocycles. The lowest BCUT2D eigenvalue weighted by atomic mass is 10.2. The number of nitrogens with one attached hydrogen (secondary N) is 1. The summed E-state index contributed by atoms with van der Waals surface area (Å²) in [5, 5.41) is 3.62. The Balaban J connectivity index is 1.45. The molecule has 0 spiro atoms. The van der Waals surface area contributed by atoms with Crippen LogP contribution in [0.1, 0.15) is 58.3 Å². The van der Waals surface area contributed by atoms with E-state index in [9.17, 15) is 0 Å². The van der Waals surface area contributed by atoms with E-state index in [4.69, 9.17) is 0 Å². The number of rotatable bonds is 12. The van der Waals surface area contributed by atoms with Crippen molar-refractivity contribution in [2.45, 2.75) is 58.3 Å². The lowest BCUT2D eigenvalue weighted by molar-refractivity contribution is 0.252. The van der Waals surface area contributed by atoms with Gasteiger partial charge in [-0.25, -0.2) is 0 Å². The normalized spacial score (nSPS) is 19.7. The molecule has 0 saturated heterocycles. The summed E-state index contributed by atoms with van der Waals surface area (Å²) < 4.78 is 0. The lowest BCUT2D eigenvalue weighted by Crippen LogP contribution is -2.35. The minimum atomic E-state index is 1.05. The molecule has 2 fully saturated rings. The molecule has 0 radical (unpaired) electrons. The lowest BCUT2D eigenvalue weighted by Gasteiger charge is -2.22. The number of unbranched alkanes of at least 4 members (excludes halogenated alkanes) is 3. The van der Waals surface area contributed by atoms with Crippen molar-refractivity contribution in [2.75, 3.05) is 32.7 Å². The maximum atomic E-state index is 3.62. The van der Waals surface area contributed by atoms with Crippen LogP contribution in [0.25, 0.3) is 0 Å². The van der Waals surface area contributed by atoms with Gasteiger partial charge in [-0.2, -0.15) is 0 Å². The Kier molecular flexibility index (Phi) is 6.50. The average Bonchev–Trinajstić information content (AvgIpc) is 3.23. The quantitative estimate of drug-likeness (QED) is 0.536. The van der Waals surface area contributed by atoms with Gasteiger partial charge in [0, 0.05) is 26.2 Å². The van der Waals surface area contributed by atoms with Gasteiger partial charge in [-0.1, -0.05) is 26.2 Å². The minimum absolute atomic E-state index is 1.05. The maximum absolute atomic E-state index is 3.62. The summed E-state index contributed by atoms with van der Waals surface area (Å²) in [5.41, 5.74) is 0. The molecule has 2 aliphatic carbocycles. The molecule has 0 heterocycles. The van der Waals surface area contributed by atoms with E-state index in [1.807, 2.05) is 0 Å². The molecule has 0 atom stereocenters. The van der Waals surface area contributed by atoms with Crippen molar-refractivity contribution >= 4 is 0 Å². The molecule has 0 aromatic carbocycles. The van der Waals surface area contributed by atoms with E-state index in [2.05, 4.69) is 17.1 Å². The third-order valence-electron chi connectivity index (χ3n) is 4.24.